The van der Waals surface area contributed by atoms with E-state index >= 15 is 0 Å². The number of halogens is 7. The van der Waals surface area contributed by atoms with Crippen LogP contribution < -0.4 is 0 Å². The van der Waals surface area contributed by atoms with E-state index in [1.165, 1.54) is 14.0 Å². The van der Waals surface area contributed by atoms with Gasteiger partial charge in [-0.15, -0.1) is 3.28 Å². The largest absolute Gasteiger partial charge is 0.455 e. The number of rotatable bonds is 4. The number of likely N-dealkylation sites (N-methyl/N-ethyl adjacent to an activating group) is 1. The molecule has 2 aliphatic heterocycles. The minimum absolute atomic E-state index is 0.218. The predicted molar refractivity (Wildman–Crippen MR) is 107 cm³/mol. The van der Waals surface area contributed by atoms with E-state index in [4.69, 9.17) is 0 Å². The number of hydrogen-bond acceptors (Lipinski definition) is 8. The Morgan fingerprint density at radius 2 is 1.88 bits per heavy atom. The number of fused-ring (bicyclic) bond motifs is 1. The van der Waals surface area contributed by atoms with Gasteiger partial charge in [-0.3, -0.25) is 9.78 Å². The molecule has 32 heavy (non-hydrogen) atoms. The zero-order valence-corrected chi connectivity index (χ0v) is 19.0. The first-order chi connectivity index (χ1) is 14.6. The maximum atomic E-state index is 13.1. The Morgan fingerprint density at radius 1 is 1.25 bits per heavy atom. The SMILES string of the molecule is CCS(=O)(=O)c1cc(C(F)(F)F)cnc1C1=NC2=CC(C(=O)C(F)(F)F)=IN(O)C2N1C. The van der Waals surface area contributed by atoms with Gasteiger partial charge in [-0.25, -0.2) is 13.4 Å². The van der Waals surface area contributed by atoms with Crippen molar-refractivity contribution in [1.82, 2.24) is 13.2 Å². The standard InChI is InChI=1S/C16H13F6IN4O4S/c1-3-32(30,31)10-4-7(15(17,18)19)6-24-11(10)13-25-9-5-8(12(28)16(20,21)22)23-27(29)14(9)26(13)2/h4-6,14,29H,3H2,1-2H3. The summed E-state index contributed by atoms with van der Waals surface area (Å²) in [5.41, 5.74) is -2.00. The van der Waals surface area contributed by atoms with E-state index in [9.17, 15) is 44.8 Å². The Balaban J connectivity index is 2.16. The van der Waals surface area contributed by atoms with Crippen LogP contribution >= 0.6 is 21.0 Å². The Kier molecular flexibility index (Phi) is 6.29. The van der Waals surface area contributed by atoms with Crippen LogP contribution in [0.5, 0.6) is 0 Å². The number of hydrogen-bond donors (Lipinski definition) is 1. The minimum atomic E-state index is -5.17. The quantitative estimate of drug-likeness (QED) is 0.323. The summed E-state index contributed by atoms with van der Waals surface area (Å²) >= 11 is -1.97. The zero-order chi connectivity index (χ0) is 24.2. The maximum Gasteiger partial charge on any atom is 0.455 e. The van der Waals surface area contributed by atoms with Gasteiger partial charge in [0.1, 0.15) is 5.69 Å². The van der Waals surface area contributed by atoms with E-state index in [-0.39, 0.29) is 11.5 Å². The lowest BCUT2D eigenvalue weighted by Crippen LogP contribution is -2.44. The van der Waals surface area contributed by atoms with Crippen molar-refractivity contribution < 1.29 is 44.8 Å². The molecular formula is C16H13F6IN4O4S. The molecule has 3 heterocycles. The molecule has 0 aliphatic carbocycles. The second-order valence-corrected chi connectivity index (χ2v) is 11.4. The lowest BCUT2D eigenvalue weighted by Gasteiger charge is -2.30. The van der Waals surface area contributed by atoms with Crippen molar-refractivity contribution in [2.45, 2.75) is 30.3 Å². The van der Waals surface area contributed by atoms with Crippen LogP contribution in [0, 0.1) is 0 Å². The van der Waals surface area contributed by atoms with Crippen LogP contribution in [0.4, 0.5) is 26.3 Å². The van der Waals surface area contributed by atoms with E-state index in [2.05, 4.69) is 9.98 Å². The number of Topliss-reactive ketones (excluding diaryl/α,β-unsaturated/α-hetero) is 1. The van der Waals surface area contributed by atoms with Gasteiger partial charge in [0.15, 0.2) is 21.8 Å². The van der Waals surface area contributed by atoms with Gasteiger partial charge in [-0.2, -0.15) is 26.3 Å². The lowest BCUT2D eigenvalue weighted by atomic mass is 10.2. The molecular weight excluding hydrogens is 585 g/mol. The van der Waals surface area contributed by atoms with E-state index in [1.807, 2.05) is 0 Å². The van der Waals surface area contributed by atoms with Crippen LogP contribution in [0.2, 0.25) is 0 Å². The summed E-state index contributed by atoms with van der Waals surface area (Å²) in [6.45, 7) is 1.21. The molecule has 0 spiro atoms. The van der Waals surface area contributed by atoms with E-state index in [0.717, 1.165) is 11.0 Å². The summed E-state index contributed by atoms with van der Waals surface area (Å²) in [5.74, 6) is -2.99. The van der Waals surface area contributed by atoms with Gasteiger partial charge in [0.05, 0.1) is 25.4 Å². The molecule has 16 heteroatoms. The third kappa shape index (κ3) is 4.44. The Bertz CT molecular complexity index is 1180. The minimum Gasteiger partial charge on any atom is -0.334 e. The van der Waals surface area contributed by atoms with E-state index < -0.39 is 80.6 Å². The van der Waals surface area contributed by atoms with E-state index in [1.54, 1.807) is 0 Å². The fourth-order valence-electron chi connectivity index (χ4n) is 2.85. The number of carbonyl (C=O) groups excluding carboxylic acids is 1. The lowest BCUT2D eigenvalue weighted by molar-refractivity contribution is -0.162. The number of amidine groups is 1. The van der Waals surface area contributed by atoms with Crippen LogP contribution in [0.3, 0.4) is 0 Å². The molecule has 0 saturated carbocycles. The van der Waals surface area contributed by atoms with Gasteiger partial charge in [-0.05, 0) is 12.1 Å². The highest BCUT2D eigenvalue weighted by Crippen LogP contribution is 2.37. The molecule has 176 valence electrons. The summed E-state index contributed by atoms with van der Waals surface area (Å²) in [7, 11) is -2.93. The highest BCUT2D eigenvalue weighted by Gasteiger charge is 2.45. The second kappa shape index (κ2) is 8.14. The van der Waals surface area contributed by atoms with Crippen molar-refractivity contribution in [3.63, 3.8) is 0 Å². The second-order valence-electron chi connectivity index (χ2n) is 6.51. The molecule has 0 fully saturated rings. The average Bonchev–Trinajstić information content (AvgIpc) is 3.02. The van der Waals surface area contributed by atoms with Gasteiger partial charge in [-0.1, -0.05) is 6.92 Å². The Hall–Kier alpha value is -1.92. The molecule has 1 aromatic rings. The normalized spacial score (nSPS) is 20.2. The molecule has 1 atom stereocenters. The number of aliphatic imine (C=N–C) groups is 1. The number of alkyl halides is 6. The van der Waals surface area contributed by atoms with E-state index in [0.29, 0.717) is 15.5 Å². The van der Waals surface area contributed by atoms with Crippen LogP contribution in [-0.2, 0) is 20.8 Å². The monoisotopic (exact) mass is 598 g/mol. The molecule has 0 aromatic carbocycles. The summed E-state index contributed by atoms with van der Waals surface area (Å²) in [5, 5.41) is 10.2. The van der Waals surface area contributed by atoms with Crippen LogP contribution in [-0.4, -0.2) is 67.1 Å². The molecule has 1 N–H and O–H groups in total. The molecule has 0 amide bonds. The number of aromatic nitrogens is 1. The average molecular weight is 598 g/mol. The summed E-state index contributed by atoms with van der Waals surface area (Å²) in [6.07, 6.45) is -9.96. The molecule has 0 radical (unpaired) electrons. The van der Waals surface area contributed by atoms with Gasteiger partial charge in [0, 0.05) is 34.2 Å². The fraction of sp³-hybridized carbons (Fsp3) is 0.375. The molecule has 8 nitrogen and oxygen atoms in total. The number of pyridine rings is 1. The van der Waals surface area contributed by atoms with Crippen molar-refractivity contribution in [2.24, 2.45) is 4.99 Å². The van der Waals surface area contributed by atoms with Crippen LogP contribution in [0.15, 0.2) is 33.9 Å². The van der Waals surface area contributed by atoms with Gasteiger partial charge >= 0.3 is 12.4 Å². The number of sulfone groups is 1. The topological polar surface area (TPSA) is 103 Å². The molecule has 1 aromatic heterocycles. The molecule has 2 aliphatic rings. The number of allylic oxidation sites excluding steroid dienone is 1. The first kappa shape index (κ1) is 24.7. The van der Waals surface area contributed by atoms with Gasteiger partial charge < -0.3 is 10.1 Å². The molecule has 0 bridgehead atoms. The summed E-state index contributed by atoms with van der Waals surface area (Å²) < 4.78 is 102. The summed E-state index contributed by atoms with van der Waals surface area (Å²) in [6, 6.07) is 0.405. The zero-order valence-electron chi connectivity index (χ0n) is 16.0. The van der Waals surface area contributed by atoms with Crippen molar-refractivity contribution in [1.29, 1.82) is 0 Å². The Morgan fingerprint density at radius 3 is 2.41 bits per heavy atom. The van der Waals surface area contributed by atoms with Crippen molar-refractivity contribution in [2.75, 3.05) is 12.8 Å². The van der Waals surface area contributed by atoms with Crippen molar-refractivity contribution >= 4 is 46.0 Å². The van der Waals surface area contributed by atoms with Crippen molar-refractivity contribution in [3.05, 3.63) is 35.3 Å². The third-order valence-corrected chi connectivity index (χ3v) is 8.52. The Labute approximate surface area is 187 Å². The van der Waals surface area contributed by atoms with Crippen LogP contribution in [0.25, 0.3) is 0 Å². The van der Waals surface area contributed by atoms with Gasteiger partial charge in [0.25, 0.3) is 5.78 Å². The number of hydroxylamine groups is 1. The predicted octanol–water partition coefficient (Wildman–Crippen LogP) is 2.69. The highest BCUT2D eigenvalue weighted by atomic mass is 127. The first-order valence-corrected chi connectivity index (χ1v) is 12.2. The highest BCUT2D eigenvalue weighted by molar-refractivity contribution is 14.2. The maximum absolute atomic E-state index is 13.1. The smallest absolute Gasteiger partial charge is 0.334 e. The number of ketones is 1. The number of nitrogens with zero attached hydrogens (tertiary/aromatic N) is 4. The van der Waals surface area contributed by atoms with Gasteiger partial charge in [0.2, 0.25) is 0 Å². The third-order valence-electron chi connectivity index (χ3n) is 4.44. The molecule has 3 rings (SSSR count). The van der Waals surface area contributed by atoms with Crippen LogP contribution in [0.1, 0.15) is 18.2 Å². The number of carbonyl (C=O) groups is 1. The summed E-state index contributed by atoms with van der Waals surface area (Å²) in [4.78, 5) is 19.6. The molecule has 0 saturated heterocycles. The van der Waals surface area contributed by atoms with Crippen molar-refractivity contribution in [3.8, 4) is 0 Å². The fourth-order valence-corrected chi connectivity index (χ4v) is 6.34. The molecule has 1 unspecified atom stereocenters. The first-order valence-electron chi connectivity index (χ1n) is 8.53.